The van der Waals surface area contributed by atoms with Crippen LogP contribution < -0.4 is 15.9 Å². The minimum atomic E-state index is -2.28. The molecule has 0 spiro atoms. The normalized spacial score (nSPS) is 20.6. The molecule has 5 rings (SSSR count). The number of benzene rings is 2. The maximum atomic E-state index is 12.3. The van der Waals surface area contributed by atoms with Gasteiger partial charge in [0, 0.05) is 27.0 Å². The molecule has 1 atom stereocenters. The van der Waals surface area contributed by atoms with E-state index in [1.165, 1.54) is 24.3 Å². The van der Waals surface area contributed by atoms with Crippen LogP contribution in [0.25, 0.3) is 0 Å². The molecule has 1 unspecified atom stereocenters. The van der Waals surface area contributed by atoms with Crippen molar-refractivity contribution in [2.75, 3.05) is 0 Å². The topological polar surface area (TPSA) is 71.4 Å². The van der Waals surface area contributed by atoms with Crippen molar-refractivity contribution in [3.63, 3.8) is 0 Å². The van der Waals surface area contributed by atoms with Gasteiger partial charge in [-0.15, -0.1) is 0 Å². The second-order valence-electron chi connectivity index (χ2n) is 4.65. The third-order valence-electron chi connectivity index (χ3n) is 3.64. The molecule has 4 nitrogen and oxygen atoms in total. The fourth-order valence-corrected chi connectivity index (χ4v) is 5.29. The van der Waals surface area contributed by atoms with Gasteiger partial charge in [-0.3, -0.25) is 4.79 Å². The number of carboxylic acid groups (broad SMARTS) is 1. The summed E-state index contributed by atoms with van der Waals surface area (Å²) in [6.45, 7) is 0. The van der Waals surface area contributed by atoms with E-state index >= 15 is 0 Å². The molecule has 2 aromatic carbocycles. The minimum Gasteiger partial charge on any atom is -0.478 e. The smallest absolute Gasteiger partial charge is 0.335 e. The van der Waals surface area contributed by atoms with Crippen LogP contribution in [-0.2, 0) is 4.57 Å². The first-order chi connectivity index (χ1) is 9.05. The van der Waals surface area contributed by atoms with Crippen LogP contribution in [-0.4, -0.2) is 16.9 Å². The van der Waals surface area contributed by atoms with Gasteiger partial charge in [0.2, 0.25) is 0 Å². The second-order valence-corrected chi connectivity index (χ2v) is 7.25. The Labute approximate surface area is 108 Å². The number of fused-ring (bicyclic) bond motifs is 2. The molecular formula is C14H7O4P. The lowest BCUT2D eigenvalue weighted by atomic mass is 10.0. The van der Waals surface area contributed by atoms with Gasteiger partial charge < -0.3 is 9.67 Å². The number of rotatable bonds is 3. The van der Waals surface area contributed by atoms with Crippen LogP contribution in [0, 0.1) is 0 Å². The van der Waals surface area contributed by atoms with Crippen LogP contribution in [0.1, 0.15) is 26.3 Å². The van der Waals surface area contributed by atoms with E-state index in [0.29, 0.717) is 11.1 Å². The number of carbonyl (C=O) groups is 2. The van der Waals surface area contributed by atoms with Crippen LogP contribution in [0.2, 0.25) is 0 Å². The van der Waals surface area contributed by atoms with Gasteiger partial charge in [0.25, 0.3) is 0 Å². The molecule has 3 aliphatic rings. The van der Waals surface area contributed by atoms with Crippen molar-refractivity contribution >= 4 is 34.8 Å². The Kier molecular flexibility index (Phi) is 1.71. The Balaban J connectivity index is 1.72. The van der Waals surface area contributed by atoms with Gasteiger partial charge in [-0.05, 0) is 24.3 Å². The molecule has 0 radical (unpaired) electrons. The van der Waals surface area contributed by atoms with E-state index in [4.69, 9.17) is 5.11 Å². The Hall–Kier alpha value is -2.19. The highest BCUT2D eigenvalue weighted by molar-refractivity contribution is 8.06. The minimum absolute atomic E-state index is 0.139. The predicted molar refractivity (Wildman–Crippen MR) is 69.8 cm³/mol. The zero-order valence-electron chi connectivity index (χ0n) is 9.58. The lowest BCUT2D eigenvalue weighted by Crippen LogP contribution is -2.18. The Morgan fingerprint density at radius 2 is 1.47 bits per heavy atom. The van der Waals surface area contributed by atoms with Gasteiger partial charge in [0.15, 0.2) is 12.9 Å². The molecule has 3 aliphatic heterocycles. The molecule has 0 saturated heterocycles. The fraction of sp³-hybridized carbons (Fsp3) is 0. The maximum Gasteiger partial charge on any atom is 0.335 e. The summed E-state index contributed by atoms with van der Waals surface area (Å²) in [4.78, 5) is 23.0. The molecule has 0 amide bonds. The number of carbonyl (C=O) groups excluding carboxylic acids is 1. The van der Waals surface area contributed by atoms with E-state index in [1.807, 2.05) is 0 Å². The van der Waals surface area contributed by atoms with Gasteiger partial charge in [-0.25, -0.2) is 4.79 Å². The average Bonchev–Trinajstić information content (AvgIpc) is 3.26. The second kappa shape index (κ2) is 3.03. The molecular weight excluding hydrogens is 263 g/mol. The van der Waals surface area contributed by atoms with Gasteiger partial charge >= 0.3 is 5.97 Å². The molecule has 92 valence electrons. The Morgan fingerprint density at radius 3 is 2.00 bits per heavy atom. The van der Waals surface area contributed by atoms with E-state index in [0.717, 1.165) is 15.9 Å². The van der Waals surface area contributed by atoms with Gasteiger partial charge in [0.05, 0.1) is 5.56 Å². The molecule has 0 fully saturated rings. The Bertz CT molecular complexity index is 833. The fourth-order valence-electron chi connectivity index (χ4n) is 2.49. The van der Waals surface area contributed by atoms with Crippen LogP contribution in [0.15, 0.2) is 36.4 Å². The quantitative estimate of drug-likeness (QED) is 0.443. The number of aromatic carboxylic acids is 1. The standard InChI is InChI=1S/C14H7O4P/c15-11(7-1-3-8(4-2-7)14(16)17)9-5-6-10-13-12(9)19(10,13)18/h1-6H,(H,16,17). The van der Waals surface area contributed by atoms with Crippen LogP contribution in [0.5, 0.6) is 0 Å². The van der Waals surface area contributed by atoms with E-state index < -0.39 is 13.1 Å². The average molecular weight is 270 g/mol. The first-order valence-electron chi connectivity index (χ1n) is 5.72. The zero-order chi connectivity index (χ0) is 13.4. The summed E-state index contributed by atoms with van der Waals surface area (Å²) >= 11 is 0. The maximum absolute atomic E-state index is 12.3. The van der Waals surface area contributed by atoms with Crippen molar-refractivity contribution in [2.45, 2.75) is 0 Å². The SMILES string of the molecule is O=C(O)c1ccc(C(=O)c2ccc3c4c2P34=O)cc1. The van der Waals surface area contributed by atoms with Crippen LogP contribution in [0.3, 0.4) is 0 Å². The summed E-state index contributed by atoms with van der Waals surface area (Å²) in [5.74, 6) is -1.22. The summed E-state index contributed by atoms with van der Waals surface area (Å²) in [5.41, 5.74) is 1.05. The summed E-state index contributed by atoms with van der Waals surface area (Å²) < 4.78 is 12.0. The third-order valence-corrected chi connectivity index (χ3v) is 6.43. The van der Waals surface area contributed by atoms with Crippen LogP contribution >= 0.6 is 7.14 Å². The Morgan fingerprint density at radius 1 is 0.895 bits per heavy atom. The number of carboxylic acids is 1. The summed E-state index contributed by atoms with van der Waals surface area (Å²) in [6, 6.07) is 9.22. The summed E-state index contributed by atoms with van der Waals surface area (Å²) in [5, 5.41) is 11.3. The van der Waals surface area contributed by atoms with Crippen molar-refractivity contribution in [1.82, 2.24) is 0 Å². The van der Waals surface area contributed by atoms with Gasteiger partial charge in [-0.2, -0.15) is 0 Å². The van der Waals surface area contributed by atoms with Gasteiger partial charge in [-0.1, -0.05) is 12.1 Å². The number of hydrogen-bond donors (Lipinski definition) is 1. The van der Waals surface area contributed by atoms with Crippen molar-refractivity contribution < 1.29 is 19.3 Å². The summed E-state index contributed by atoms with van der Waals surface area (Å²) in [6.07, 6.45) is 0. The highest BCUT2D eigenvalue weighted by atomic mass is 31.2. The van der Waals surface area contributed by atoms with E-state index in [2.05, 4.69) is 0 Å². The number of hydrogen-bond acceptors (Lipinski definition) is 3. The third kappa shape index (κ3) is 1.17. The first kappa shape index (κ1) is 10.7. The largest absolute Gasteiger partial charge is 0.478 e. The molecule has 0 aromatic heterocycles. The van der Waals surface area contributed by atoms with Crippen molar-refractivity contribution in [1.29, 1.82) is 0 Å². The highest BCUT2D eigenvalue weighted by Gasteiger charge is 2.67. The lowest BCUT2D eigenvalue weighted by molar-refractivity contribution is 0.0696. The van der Waals surface area contributed by atoms with E-state index in [-0.39, 0.29) is 11.3 Å². The molecule has 2 aromatic rings. The summed E-state index contributed by atoms with van der Waals surface area (Å²) in [7, 11) is -2.28. The van der Waals surface area contributed by atoms with Crippen LogP contribution in [0.4, 0.5) is 0 Å². The van der Waals surface area contributed by atoms with E-state index in [9.17, 15) is 14.2 Å². The molecule has 2 bridgehead atoms. The van der Waals surface area contributed by atoms with Gasteiger partial charge in [0.1, 0.15) is 0 Å². The number of ketones is 1. The molecule has 1 N–H and O–H groups in total. The lowest BCUT2D eigenvalue weighted by Gasteiger charge is -2.04. The molecule has 0 aliphatic carbocycles. The van der Waals surface area contributed by atoms with Crippen molar-refractivity contribution in [3.05, 3.63) is 53.1 Å². The zero-order valence-corrected chi connectivity index (χ0v) is 10.5. The highest BCUT2D eigenvalue weighted by Crippen LogP contribution is 2.67. The monoisotopic (exact) mass is 270 g/mol. The van der Waals surface area contributed by atoms with E-state index in [1.54, 1.807) is 12.1 Å². The molecule has 19 heavy (non-hydrogen) atoms. The molecule has 0 saturated carbocycles. The predicted octanol–water partition coefficient (Wildman–Crippen LogP) is 0.882. The van der Waals surface area contributed by atoms with Crippen molar-refractivity contribution in [2.24, 2.45) is 0 Å². The van der Waals surface area contributed by atoms with Crippen molar-refractivity contribution in [3.8, 4) is 0 Å². The first-order valence-corrected chi connectivity index (χ1v) is 7.42. The molecule has 3 heterocycles. The molecule has 5 heteroatoms.